The number of amides is 1. The van der Waals surface area contributed by atoms with Crippen LogP contribution in [0, 0.1) is 10.1 Å². The number of fused-ring (bicyclic) bond motifs is 1. The number of carbonyl (C=O) groups is 1. The zero-order valence-electron chi connectivity index (χ0n) is 11.6. The van der Waals surface area contributed by atoms with Gasteiger partial charge >= 0.3 is 11.6 Å². The maximum Gasteiger partial charge on any atom is 0.389 e. The molecule has 2 aromatic carbocycles. The molecule has 0 aliphatic carbocycles. The predicted molar refractivity (Wildman–Crippen MR) is 83.5 cm³/mol. The molecule has 23 heavy (non-hydrogen) atoms. The van der Waals surface area contributed by atoms with Gasteiger partial charge in [0.15, 0.2) is 0 Å². The molecular weight excluding hydrogens is 320 g/mol. The highest BCUT2D eigenvalue weighted by Gasteiger charge is 2.40. The van der Waals surface area contributed by atoms with Gasteiger partial charge in [-0.05, 0) is 23.8 Å². The van der Waals surface area contributed by atoms with Crippen LogP contribution in [0.3, 0.4) is 0 Å². The van der Waals surface area contributed by atoms with Crippen LogP contribution in [-0.4, -0.2) is 21.3 Å². The standard InChI is InChI=1S/C15H9ClN4O3/c16-10-3-6-13-12(7-10)14(18-17)15(21)19(13)8-9-1-4-11(5-2-9)20(22)23/h1-7H,8H2. The molecular formula is C15H9ClN4O3. The molecule has 1 heterocycles. The minimum absolute atomic E-state index is 0.0220. The summed E-state index contributed by atoms with van der Waals surface area (Å²) in [4.78, 5) is 27.0. The Kier molecular flexibility index (Phi) is 3.65. The average Bonchev–Trinajstić information content (AvgIpc) is 2.79. The van der Waals surface area contributed by atoms with Gasteiger partial charge in [-0.3, -0.25) is 19.8 Å². The molecule has 2 aromatic rings. The van der Waals surface area contributed by atoms with E-state index in [0.717, 1.165) is 0 Å². The lowest BCUT2D eigenvalue weighted by Crippen LogP contribution is -2.29. The number of rotatable bonds is 3. The highest BCUT2D eigenvalue weighted by molar-refractivity contribution is 6.52. The monoisotopic (exact) mass is 328 g/mol. The lowest BCUT2D eigenvalue weighted by Gasteiger charge is -2.15. The largest absolute Gasteiger partial charge is 0.389 e. The van der Waals surface area contributed by atoms with E-state index in [-0.39, 0.29) is 17.9 Å². The molecule has 0 saturated heterocycles. The van der Waals surface area contributed by atoms with Gasteiger partial charge in [-0.1, -0.05) is 23.7 Å². The Hall–Kier alpha value is -3.02. The number of nitro groups is 1. The Bertz CT molecular complexity index is 873. The molecule has 114 valence electrons. The van der Waals surface area contributed by atoms with Gasteiger partial charge in [-0.25, -0.2) is 0 Å². The number of benzene rings is 2. The van der Waals surface area contributed by atoms with Crippen LogP contribution in [0.1, 0.15) is 11.1 Å². The van der Waals surface area contributed by atoms with Crippen LogP contribution in [0.15, 0.2) is 42.5 Å². The highest BCUT2D eigenvalue weighted by atomic mass is 35.5. The average molecular weight is 329 g/mol. The third kappa shape index (κ3) is 2.59. The van der Waals surface area contributed by atoms with Crippen LogP contribution in [0.25, 0.3) is 5.53 Å². The van der Waals surface area contributed by atoms with Crippen LogP contribution in [0.5, 0.6) is 0 Å². The summed E-state index contributed by atoms with van der Waals surface area (Å²) in [6, 6.07) is 10.8. The number of hydrogen-bond acceptors (Lipinski definition) is 3. The summed E-state index contributed by atoms with van der Waals surface area (Å²) >= 11 is 5.92. The Morgan fingerprint density at radius 2 is 1.91 bits per heavy atom. The van der Waals surface area contributed by atoms with Crippen molar-refractivity contribution in [2.24, 2.45) is 0 Å². The topological polar surface area (TPSA) is 99.9 Å². The first-order chi connectivity index (χ1) is 11.0. The smallest absolute Gasteiger partial charge is 0.361 e. The summed E-state index contributed by atoms with van der Waals surface area (Å²) in [5, 5.41) is 11.1. The third-order valence-corrected chi connectivity index (χ3v) is 3.78. The quantitative estimate of drug-likeness (QED) is 0.375. The molecule has 1 aliphatic rings. The fraction of sp³-hybridized carbons (Fsp3) is 0.0667. The summed E-state index contributed by atoms with van der Waals surface area (Å²) in [6.45, 7) is 0.199. The number of hydrogen-bond donors (Lipinski definition) is 0. The molecule has 0 radical (unpaired) electrons. The molecule has 0 aromatic heterocycles. The zero-order chi connectivity index (χ0) is 16.6. The maximum absolute atomic E-state index is 12.4. The summed E-state index contributed by atoms with van der Waals surface area (Å²) in [6.07, 6.45) is 0. The van der Waals surface area contributed by atoms with E-state index in [1.807, 2.05) is 0 Å². The van der Waals surface area contributed by atoms with E-state index in [0.29, 0.717) is 21.8 Å². The second-order valence-electron chi connectivity index (χ2n) is 4.92. The van der Waals surface area contributed by atoms with Crippen molar-refractivity contribution in [3.63, 3.8) is 0 Å². The van der Waals surface area contributed by atoms with Gasteiger partial charge in [0.1, 0.15) is 0 Å². The van der Waals surface area contributed by atoms with E-state index < -0.39 is 10.8 Å². The van der Waals surface area contributed by atoms with Gasteiger partial charge in [-0.15, -0.1) is 0 Å². The minimum Gasteiger partial charge on any atom is -0.361 e. The zero-order valence-corrected chi connectivity index (χ0v) is 12.4. The molecule has 1 amide bonds. The van der Waals surface area contributed by atoms with Crippen molar-refractivity contribution >= 4 is 34.6 Å². The third-order valence-electron chi connectivity index (χ3n) is 3.54. The van der Waals surface area contributed by atoms with Gasteiger partial charge in [0.2, 0.25) is 0 Å². The number of nitrogens with zero attached hydrogens (tertiary/aromatic N) is 4. The molecule has 0 unspecified atom stereocenters. The summed E-state index contributed by atoms with van der Waals surface area (Å²) in [5.41, 5.74) is 10.7. The fourth-order valence-corrected chi connectivity index (χ4v) is 2.62. The number of non-ortho nitro benzene ring substituents is 1. The first-order valence-corrected chi connectivity index (χ1v) is 6.96. The van der Waals surface area contributed by atoms with Crippen LogP contribution in [-0.2, 0) is 11.3 Å². The van der Waals surface area contributed by atoms with E-state index in [9.17, 15) is 14.9 Å². The van der Waals surface area contributed by atoms with Crippen molar-refractivity contribution in [2.75, 3.05) is 4.90 Å². The van der Waals surface area contributed by atoms with Crippen molar-refractivity contribution in [2.45, 2.75) is 6.54 Å². The van der Waals surface area contributed by atoms with Gasteiger partial charge < -0.3 is 5.53 Å². The van der Waals surface area contributed by atoms with Crippen LogP contribution >= 0.6 is 11.6 Å². The predicted octanol–water partition coefficient (Wildman–Crippen LogP) is 2.81. The second kappa shape index (κ2) is 5.64. The lowest BCUT2D eigenvalue weighted by molar-refractivity contribution is -0.384. The Labute approximate surface area is 135 Å². The molecule has 0 fully saturated rings. The van der Waals surface area contributed by atoms with Crippen molar-refractivity contribution in [1.82, 2.24) is 0 Å². The van der Waals surface area contributed by atoms with Crippen LogP contribution in [0.4, 0.5) is 11.4 Å². The van der Waals surface area contributed by atoms with Crippen LogP contribution in [0.2, 0.25) is 5.02 Å². The normalized spacial score (nSPS) is 13.0. The Morgan fingerprint density at radius 3 is 2.52 bits per heavy atom. The van der Waals surface area contributed by atoms with E-state index in [1.165, 1.54) is 17.0 Å². The van der Waals surface area contributed by atoms with Crippen LogP contribution < -0.4 is 4.90 Å². The summed E-state index contributed by atoms with van der Waals surface area (Å²) in [5.74, 6) is -0.455. The van der Waals surface area contributed by atoms with Crippen molar-refractivity contribution < 1.29 is 14.5 Å². The second-order valence-corrected chi connectivity index (χ2v) is 5.36. The SMILES string of the molecule is [N-]=[N+]=C1C(=O)N(Cc2ccc([N+](=O)[O-])cc2)c2ccc(Cl)cc21. The molecule has 7 nitrogen and oxygen atoms in total. The number of anilines is 1. The van der Waals surface area contributed by atoms with Crippen molar-refractivity contribution in [3.05, 3.63) is 74.3 Å². The van der Waals surface area contributed by atoms with Crippen molar-refractivity contribution in [1.29, 1.82) is 0 Å². The number of nitro benzene ring substituents is 1. The molecule has 0 atom stereocenters. The first-order valence-electron chi connectivity index (χ1n) is 6.58. The molecule has 0 N–H and O–H groups in total. The van der Waals surface area contributed by atoms with Gasteiger partial charge in [0.25, 0.3) is 5.69 Å². The van der Waals surface area contributed by atoms with E-state index in [2.05, 4.69) is 4.79 Å². The fourth-order valence-electron chi connectivity index (χ4n) is 2.45. The Balaban J connectivity index is 1.96. The molecule has 3 rings (SSSR count). The molecule has 0 spiro atoms. The van der Waals surface area contributed by atoms with E-state index >= 15 is 0 Å². The lowest BCUT2D eigenvalue weighted by atomic mass is 10.1. The highest BCUT2D eigenvalue weighted by Crippen LogP contribution is 2.32. The molecule has 1 aliphatic heterocycles. The summed E-state index contributed by atoms with van der Waals surface area (Å²) < 4.78 is 0. The number of carbonyl (C=O) groups excluding carboxylic acids is 1. The molecule has 0 bridgehead atoms. The van der Waals surface area contributed by atoms with Gasteiger partial charge in [0, 0.05) is 17.2 Å². The maximum atomic E-state index is 12.4. The Morgan fingerprint density at radius 1 is 1.22 bits per heavy atom. The van der Waals surface area contributed by atoms with Crippen molar-refractivity contribution in [3.8, 4) is 0 Å². The number of halogens is 1. The summed E-state index contributed by atoms with van der Waals surface area (Å²) in [7, 11) is 0. The van der Waals surface area contributed by atoms with E-state index in [4.69, 9.17) is 17.1 Å². The van der Waals surface area contributed by atoms with Gasteiger partial charge in [-0.2, -0.15) is 4.79 Å². The van der Waals surface area contributed by atoms with Gasteiger partial charge in [0.05, 0.1) is 22.7 Å². The first kappa shape index (κ1) is 14.9. The minimum atomic E-state index is -0.487. The van der Waals surface area contributed by atoms with E-state index in [1.54, 1.807) is 30.3 Å². The molecule has 0 saturated carbocycles. The molecule has 8 heteroatoms.